The molecule has 8 heteroatoms. The molecule has 1 aliphatic rings. The minimum atomic E-state index is -2.50. The molecule has 1 amide bonds. The third kappa shape index (κ3) is 4.56. The predicted molar refractivity (Wildman–Crippen MR) is 94.7 cm³/mol. The third-order valence-corrected chi connectivity index (χ3v) is 5.49. The number of carbonyl (C=O) groups is 1. The number of amides is 1. The second-order valence-electron chi connectivity index (χ2n) is 6.16. The highest BCUT2D eigenvalue weighted by Crippen LogP contribution is 2.33. The number of rotatable bonds is 6. The summed E-state index contributed by atoms with van der Waals surface area (Å²) in [5, 5.41) is 3.25. The zero-order chi connectivity index (χ0) is 17.8. The first kappa shape index (κ1) is 17.8. The maximum Gasteiger partial charge on any atom is 0.255 e. The molecule has 1 aliphatic heterocycles. The Labute approximate surface area is 149 Å². The summed E-state index contributed by atoms with van der Waals surface area (Å²) < 4.78 is 30.6. The van der Waals surface area contributed by atoms with Gasteiger partial charge in [-0.3, -0.25) is 4.79 Å². The first-order valence-corrected chi connectivity index (χ1v) is 9.11. The van der Waals surface area contributed by atoms with E-state index in [4.69, 9.17) is 4.74 Å². The van der Waals surface area contributed by atoms with E-state index in [1.807, 2.05) is 18.2 Å². The van der Waals surface area contributed by atoms with Crippen molar-refractivity contribution in [3.63, 3.8) is 0 Å². The van der Waals surface area contributed by atoms with E-state index in [1.54, 1.807) is 18.4 Å². The summed E-state index contributed by atoms with van der Waals surface area (Å²) in [7, 11) is 1.64. The lowest BCUT2D eigenvalue weighted by atomic mass is 9.93. The largest absolute Gasteiger partial charge is 0.497 e. The molecule has 0 bridgehead atoms. The van der Waals surface area contributed by atoms with E-state index < -0.39 is 13.0 Å². The molecule has 0 saturated carbocycles. The van der Waals surface area contributed by atoms with Gasteiger partial charge < -0.3 is 15.0 Å². The Morgan fingerprint density at radius 1 is 1.44 bits per heavy atom. The number of hydrogen-bond donors (Lipinski definition) is 1. The van der Waals surface area contributed by atoms with Gasteiger partial charge in [0.1, 0.15) is 5.75 Å². The molecule has 1 aromatic heterocycles. The van der Waals surface area contributed by atoms with E-state index in [9.17, 15) is 13.6 Å². The van der Waals surface area contributed by atoms with Crippen molar-refractivity contribution in [1.82, 2.24) is 10.3 Å². The fraction of sp³-hybridized carbons (Fsp3) is 0.529. The van der Waals surface area contributed by atoms with Crippen molar-refractivity contribution >= 4 is 32.6 Å². The van der Waals surface area contributed by atoms with E-state index in [0.717, 1.165) is 47.0 Å². The van der Waals surface area contributed by atoms with Crippen LogP contribution in [0.4, 0.5) is 13.9 Å². The average molecular weight is 369 g/mol. The predicted octanol–water partition coefficient (Wildman–Crippen LogP) is 3.29. The van der Waals surface area contributed by atoms with Gasteiger partial charge in [-0.05, 0) is 30.9 Å². The van der Waals surface area contributed by atoms with Gasteiger partial charge in [-0.2, -0.15) is 0 Å². The van der Waals surface area contributed by atoms with Crippen molar-refractivity contribution in [1.29, 1.82) is 0 Å². The minimum absolute atomic E-state index is 0.239. The number of benzene rings is 1. The molecule has 1 fully saturated rings. The number of fused-ring (bicyclic) bond motifs is 1. The Kier molecular flexibility index (Phi) is 5.67. The summed E-state index contributed by atoms with van der Waals surface area (Å²) in [4.78, 5) is 18.6. The highest BCUT2D eigenvalue weighted by molar-refractivity contribution is 7.22. The van der Waals surface area contributed by atoms with E-state index >= 15 is 0 Å². The zero-order valence-electron chi connectivity index (χ0n) is 14.0. The Morgan fingerprint density at radius 2 is 2.20 bits per heavy atom. The van der Waals surface area contributed by atoms with Gasteiger partial charge in [-0.25, -0.2) is 13.8 Å². The van der Waals surface area contributed by atoms with E-state index in [-0.39, 0.29) is 11.8 Å². The molecule has 25 heavy (non-hydrogen) atoms. The van der Waals surface area contributed by atoms with Crippen LogP contribution in [0, 0.1) is 5.92 Å². The van der Waals surface area contributed by atoms with Crippen LogP contribution in [0.15, 0.2) is 18.2 Å². The lowest BCUT2D eigenvalue weighted by molar-refractivity contribution is -0.122. The van der Waals surface area contributed by atoms with Crippen molar-refractivity contribution in [2.45, 2.75) is 25.7 Å². The molecule has 5 nitrogen and oxygen atoms in total. The van der Waals surface area contributed by atoms with Gasteiger partial charge in [-0.15, -0.1) is 0 Å². The second kappa shape index (κ2) is 7.95. The number of hydrogen-bond acceptors (Lipinski definition) is 5. The van der Waals surface area contributed by atoms with Crippen molar-refractivity contribution in [2.75, 3.05) is 31.6 Å². The van der Waals surface area contributed by atoms with Crippen LogP contribution in [-0.2, 0) is 4.79 Å². The minimum Gasteiger partial charge on any atom is -0.497 e. The number of nitrogens with zero attached hydrogens (tertiary/aromatic N) is 2. The Balaban J connectivity index is 1.54. The number of anilines is 1. The third-order valence-electron chi connectivity index (χ3n) is 4.40. The summed E-state index contributed by atoms with van der Waals surface area (Å²) in [5.74, 6) is 0.743. The molecule has 0 radical (unpaired) electrons. The van der Waals surface area contributed by atoms with E-state index in [0.29, 0.717) is 6.42 Å². The van der Waals surface area contributed by atoms with Gasteiger partial charge in [0, 0.05) is 25.6 Å². The molecule has 1 N–H and O–H groups in total. The maximum absolute atomic E-state index is 12.1. The summed E-state index contributed by atoms with van der Waals surface area (Å²) in [6.07, 6.45) is -0.455. The number of piperidine rings is 1. The van der Waals surface area contributed by atoms with Crippen molar-refractivity contribution in [3.8, 4) is 5.75 Å². The van der Waals surface area contributed by atoms with Crippen molar-refractivity contribution in [2.24, 2.45) is 5.92 Å². The van der Waals surface area contributed by atoms with Gasteiger partial charge in [0.05, 0.1) is 23.9 Å². The Morgan fingerprint density at radius 3 is 2.88 bits per heavy atom. The number of ether oxygens (including phenoxy) is 1. The van der Waals surface area contributed by atoms with Crippen LogP contribution in [-0.4, -0.2) is 44.1 Å². The number of nitrogens with one attached hydrogen (secondary N) is 1. The van der Waals surface area contributed by atoms with Gasteiger partial charge in [0.15, 0.2) is 5.13 Å². The van der Waals surface area contributed by atoms with Crippen LogP contribution in [0.25, 0.3) is 10.2 Å². The fourth-order valence-corrected chi connectivity index (χ4v) is 4.01. The van der Waals surface area contributed by atoms with Crippen LogP contribution in [0.1, 0.15) is 19.3 Å². The lowest BCUT2D eigenvalue weighted by Gasteiger charge is -2.31. The number of thiazole rings is 1. The highest BCUT2D eigenvalue weighted by atomic mass is 32.1. The molecule has 1 aromatic carbocycles. The van der Waals surface area contributed by atoms with Gasteiger partial charge in [0.25, 0.3) is 6.43 Å². The molecule has 0 aliphatic carbocycles. The maximum atomic E-state index is 12.1. The van der Waals surface area contributed by atoms with Gasteiger partial charge in [0.2, 0.25) is 5.91 Å². The molecule has 1 saturated heterocycles. The first-order valence-electron chi connectivity index (χ1n) is 8.29. The summed E-state index contributed by atoms with van der Waals surface area (Å²) in [5.41, 5.74) is 0.924. The molecule has 3 rings (SSSR count). The normalized spacial score (nSPS) is 15.8. The monoisotopic (exact) mass is 369 g/mol. The first-order chi connectivity index (χ1) is 12.0. The molecule has 136 valence electrons. The fourth-order valence-electron chi connectivity index (χ4n) is 3.01. The van der Waals surface area contributed by atoms with Crippen LogP contribution >= 0.6 is 11.3 Å². The van der Waals surface area contributed by atoms with Crippen LogP contribution in [0.2, 0.25) is 0 Å². The van der Waals surface area contributed by atoms with Crippen LogP contribution in [0.5, 0.6) is 5.75 Å². The molecular weight excluding hydrogens is 348 g/mol. The molecule has 2 aromatic rings. The number of carbonyl (C=O) groups excluding carboxylic acids is 1. The summed E-state index contributed by atoms with van der Waals surface area (Å²) in [6, 6.07) is 5.86. The summed E-state index contributed by atoms with van der Waals surface area (Å²) in [6.45, 7) is 1.08. The summed E-state index contributed by atoms with van der Waals surface area (Å²) >= 11 is 1.65. The SMILES string of the molecule is COc1ccc2sc(N3CCC(CC(=O)NCC(F)F)CC3)nc2c1. The van der Waals surface area contributed by atoms with E-state index in [1.165, 1.54) is 0 Å². The number of alkyl halides is 2. The van der Waals surface area contributed by atoms with E-state index in [2.05, 4.69) is 15.2 Å². The number of aromatic nitrogens is 1. The molecule has 0 unspecified atom stereocenters. The van der Waals surface area contributed by atoms with Crippen LogP contribution < -0.4 is 15.0 Å². The topological polar surface area (TPSA) is 54.5 Å². The lowest BCUT2D eigenvalue weighted by Crippen LogP contribution is -2.36. The van der Waals surface area contributed by atoms with Gasteiger partial charge >= 0.3 is 0 Å². The van der Waals surface area contributed by atoms with Crippen molar-refractivity contribution in [3.05, 3.63) is 18.2 Å². The molecule has 0 atom stereocenters. The van der Waals surface area contributed by atoms with Crippen LogP contribution in [0.3, 0.4) is 0 Å². The average Bonchev–Trinajstić information content (AvgIpc) is 3.03. The Hall–Kier alpha value is -1.96. The molecule has 2 heterocycles. The smallest absolute Gasteiger partial charge is 0.255 e. The molecular formula is C17H21F2N3O2S. The molecule has 0 spiro atoms. The standard InChI is InChI=1S/C17H21F2N3O2S/c1-24-12-2-3-14-13(9-12)21-17(25-14)22-6-4-11(5-7-22)8-16(23)20-10-15(18)19/h2-3,9,11,15H,4-8,10H2,1H3,(H,20,23). The highest BCUT2D eigenvalue weighted by Gasteiger charge is 2.23. The Bertz CT molecular complexity index is 730. The second-order valence-corrected chi connectivity index (χ2v) is 7.17. The van der Waals surface area contributed by atoms with Gasteiger partial charge in [-0.1, -0.05) is 11.3 Å². The number of methoxy groups -OCH3 is 1. The quantitative estimate of drug-likeness (QED) is 0.849. The zero-order valence-corrected chi connectivity index (χ0v) is 14.8. The van der Waals surface area contributed by atoms with Crippen molar-refractivity contribution < 1.29 is 18.3 Å². The number of halogens is 2.